The number of carbonyl (C=O) groups excluding carboxylic acids is 1. The third-order valence-electron chi connectivity index (χ3n) is 5.82. The summed E-state index contributed by atoms with van der Waals surface area (Å²) in [5.74, 6) is 1.70. The van der Waals surface area contributed by atoms with E-state index in [4.69, 9.17) is 4.74 Å². The number of ether oxygens (including phenoxy) is 1. The number of benzene rings is 1. The summed E-state index contributed by atoms with van der Waals surface area (Å²) in [6, 6.07) is 8.54. The van der Waals surface area contributed by atoms with Crippen molar-refractivity contribution in [2.45, 2.75) is 51.1 Å². The van der Waals surface area contributed by atoms with Crippen LogP contribution in [0.4, 0.5) is 0 Å². The van der Waals surface area contributed by atoms with Crippen LogP contribution in [0.25, 0.3) is 11.3 Å². The van der Waals surface area contributed by atoms with Crippen LogP contribution in [0.15, 0.2) is 30.5 Å². The van der Waals surface area contributed by atoms with Gasteiger partial charge >= 0.3 is 0 Å². The summed E-state index contributed by atoms with van der Waals surface area (Å²) in [6.07, 6.45) is 8.33. The van der Waals surface area contributed by atoms with Gasteiger partial charge in [0.2, 0.25) is 5.91 Å². The number of likely N-dealkylation sites (tertiary alicyclic amines) is 1. The first-order chi connectivity index (χ1) is 13.7. The third kappa shape index (κ3) is 4.93. The Morgan fingerprint density at radius 2 is 2.11 bits per heavy atom. The third-order valence-corrected chi connectivity index (χ3v) is 5.82. The van der Waals surface area contributed by atoms with Gasteiger partial charge in [-0.25, -0.2) is 0 Å². The summed E-state index contributed by atoms with van der Waals surface area (Å²) in [5, 5.41) is 10.5. The van der Waals surface area contributed by atoms with Gasteiger partial charge in [-0.15, -0.1) is 0 Å². The number of piperidine rings is 1. The molecule has 1 amide bonds. The largest absolute Gasteiger partial charge is 0.497 e. The Hall–Kier alpha value is -2.34. The van der Waals surface area contributed by atoms with Gasteiger partial charge in [0.15, 0.2) is 0 Å². The van der Waals surface area contributed by atoms with Crippen LogP contribution in [-0.2, 0) is 11.3 Å². The van der Waals surface area contributed by atoms with Crippen LogP contribution >= 0.6 is 0 Å². The Kier molecular flexibility index (Phi) is 5.95. The molecule has 4 rings (SSSR count). The standard InChI is InChI=1S/C22H30N4O2/c1-28-20-9-5-17(6-10-20)22-18(13-23-25-22)15-26-12-2-3-16(14-26)4-11-21(27)24-19-7-8-19/h5-6,9-10,13,16,19H,2-4,7-8,11-12,14-15H2,1H3,(H,23,25)(H,24,27). The van der Waals surface area contributed by atoms with E-state index in [1.54, 1.807) is 7.11 Å². The van der Waals surface area contributed by atoms with Gasteiger partial charge in [-0.1, -0.05) is 0 Å². The van der Waals surface area contributed by atoms with E-state index < -0.39 is 0 Å². The monoisotopic (exact) mass is 382 g/mol. The molecule has 150 valence electrons. The molecule has 0 bridgehead atoms. The molecule has 28 heavy (non-hydrogen) atoms. The molecule has 1 atom stereocenters. The molecule has 2 aromatic rings. The number of hydrogen-bond donors (Lipinski definition) is 2. The minimum atomic E-state index is 0.233. The van der Waals surface area contributed by atoms with E-state index in [9.17, 15) is 4.79 Å². The maximum atomic E-state index is 12.0. The predicted octanol–water partition coefficient (Wildman–Crippen LogP) is 3.36. The van der Waals surface area contributed by atoms with Gasteiger partial charge in [-0.2, -0.15) is 5.10 Å². The Morgan fingerprint density at radius 3 is 2.86 bits per heavy atom. The van der Waals surface area contributed by atoms with Gasteiger partial charge in [0.1, 0.15) is 5.75 Å². The van der Waals surface area contributed by atoms with Gasteiger partial charge in [0.25, 0.3) is 0 Å². The fourth-order valence-corrected chi connectivity index (χ4v) is 4.07. The first kappa shape index (κ1) is 19.0. The molecule has 1 saturated carbocycles. The first-order valence-electron chi connectivity index (χ1n) is 10.4. The van der Waals surface area contributed by atoms with Crippen molar-refractivity contribution in [2.24, 2.45) is 5.92 Å². The quantitative estimate of drug-likeness (QED) is 0.734. The highest BCUT2D eigenvalue weighted by molar-refractivity contribution is 5.76. The van der Waals surface area contributed by atoms with Crippen molar-refractivity contribution in [1.29, 1.82) is 0 Å². The van der Waals surface area contributed by atoms with Crippen molar-refractivity contribution in [3.05, 3.63) is 36.0 Å². The van der Waals surface area contributed by atoms with Crippen LogP contribution in [0.5, 0.6) is 5.75 Å². The number of nitrogens with zero attached hydrogens (tertiary/aromatic N) is 2. The molecule has 1 aliphatic heterocycles. The summed E-state index contributed by atoms with van der Waals surface area (Å²) >= 11 is 0. The number of amides is 1. The molecule has 6 nitrogen and oxygen atoms in total. The molecule has 1 aliphatic carbocycles. The lowest BCUT2D eigenvalue weighted by Crippen LogP contribution is -2.35. The fraction of sp³-hybridized carbons (Fsp3) is 0.545. The second-order valence-corrected chi connectivity index (χ2v) is 8.12. The molecule has 1 aromatic heterocycles. The highest BCUT2D eigenvalue weighted by Gasteiger charge is 2.25. The van der Waals surface area contributed by atoms with Crippen molar-refractivity contribution in [1.82, 2.24) is 20.4 Å². The van der Waals surface area contributed by atoms with Crippen molar-refractivity contribution in [2.75, 3.05) is 20.2 Å². The van der Waals surface area contributed by atoms with Gasteiger partial charge in [0, 0.05) is 36.7 Å². The molecule has 2 heterocycles. The first-order valence-corrected chi connectivity index (χ1v) is 10.4. The Balaban J connectivity index is 1.32. The molecule has 2 N–H and O–H groups in total. The van der Waals surface area contributed by atoms with Crippen LogP contribution in [-0.4, -0.2) is 47.2 Å². The number of nitrogens with one attached hydrogen (secondary N) is 2. The Bertz CT molecular complexity index is 782. The molecule has 0 spiro atoms. The molecular weight excluding hydrogens is 352 g/mol. The topological polar surface area (TPSA) is 70.2 Å². The van der Waals surface area contributed by atoms with Crippen LogP contribution in [0.2, 0.25) is 0 Å². The number of aromatic nitrogens is 2. The van der Waals surface area contributed by atoms with E-state index in [0.29, 0.717) is 18.4 Å². The molecule has 1 aromatic carbocycles. The van der Waals surface area contributed by atoms with E-state index in [1.807, 2.05) is 18.3 Å². The Labute approximate surface area is 166 Å². The number of carbonyl (C=O) groups is 1. The summed E-state index contributed by atoms with van der Waals surface area (Å²) in [7, 11) is 1.68. The number of H-pyrrole nitrogens is 1. The average Bonchev–Trinajstić information content (AvgIpc) is 3.42. The minimum absolute atomic E-state index is 0.233. The van der Waals surface area contributed by atoms with Gasteiger partial charge in [0.05, 0.1) is 19.0 Å². The SMILES string of the molecule is COc1ccc(-c2[nH]ncc2CN2CCCC(CCC(=O)NC3CC3)C2)cc1. The Morgan fingerprint density at radius 1 is 1.29 bits per heavy atom. The number of methoxy groups -OCH3 is 1. The molecule has 1 saturated heterocycles. The van der Waals surface area contributed by atoms with E-state index in [-0.39, 0.29) is 5.91 Å². The average molecular weight is 383 g/mol. The van der Waals surface area contributed by atoms with Crippen molar-refractivity contribution in [3.8, 4) is 17.0 Å². The van der Waals surface area contributed by atoms with Crippen LogP contribution < -0.4 is 10.1 Å². The maximum Gasteiger partial charge on any atom is 0.220 e. The van der Waals surface area contributed by atoms with E-state index in [2.05, 4.69) is 32.5 Å². The lowest BCUT2D eigenvalue weighted by atomic mass is 9.93. The highest BCUT2D eigenvalue weighted by atomic mass is 16.5. The molecule has 0 radical (unpaired) electrons. The molecule has 2 fully saturated rings. The molecule has 2 aliphatic rings. The van der Waals surface area contributed by atoms with Crippen molar-refractivity contribution >= 4 is 5.91 Å². The summed E-state index contributed by atoms with van der Waals surface area (Å²) < 4.78 is 5.25. The van der Waals surface area contributed by atoms with Gasteiger partial charge in [-0.3, -0.25) is 14.8 Å². The van der Waals surface area contributed by atoms with Crippen LogP contribution in [0.3, 0.4) is 0 Å². The number of aromatic amines is 1. The molecular formula is C22H30N4O2. The van der Waals surface area contributed by atoms with E-state index in [0.717, 1.165) is 55.9 Å². The molecule has 1 unspecified atom stereocenters. The summed E-state index contributed by atoms with van der Waals surface area (Å²) in [5.41, 5.74) is 3.42. The zero-order valence-electron chi connectivity index (χ0n) is 16.6. The second-order valence-electron chi connectivity index (χ2n) is 8.12. The zero-order chi connectivity index (χ0) is 19.3. The van der Waals surface area contributed by atoms with E-state index >= 15 is 0 Å². The number of rotatable bonds is 8. The maximum absolute atomic E-state index is 12.0. The smallest absolute Gasteiger partial charge is 0.220 e. The number of hydrogen-bond acceptors (Lipinski definition) is 4. The minimum Gasteiger partial charge on any atom is -0.497 e. The fourth-order valence-electron chi connectivity index (χ4n) is 4.07. The van der Waals surface area contributed by atoms with Gasteiger partial charge < -0.3 is 10.1 Å². The highest BCUT2D eigenvalue weighted by Crippen LogP contribution is 2.27. The molecule has 6 heteroatoms. The lowest BCUT2D eigenvalue weighted by Gasteiger charge is -2.32. The van der Waals surface area contributed by atoms with Gasteiger partial charge in [-0.05, 0) is 68.8 Å². The lowest BCUT2D eigenvalue weighted by molar-refractivity contribution is -0.121. The van der Waals surface area contributed by atoms with Crippen LogP contribution in [0.1, 0.15) is 44.1 Å². The second kappa shape index (κ2) is 8.78. The van der Waals surface area contributed by atoms with Crippen molar-refractivity contribution in [3.63, 3.8) is 0 Å². The predicted molar refractivity (Wildman–Crippen MR) is 109 cm³/mol. The van der Waals surface area contributed by atoms with E-state index in [1.165, 1.54) is 18.4 Å². The summed E-state index contributed by atoms with van der Waals surface area (Å²) in [4.78, 5) is 14.5. The normalized spacial score (nSPS) is 20.1. The van der Waals surface area contributed by atoms with Crippen LogP contribution in [0, 0.1) is 5.92 Å². The van der Waals surface area contributed by atoms with Crippen molar-refractivity contribution < 1.29 is 9.53 Å². The zero-order valence-corrected chi connectivity index (χ0v) is 16.6. The summed E-state index contributed by atoms with van der Waals surface area (Å²) in [6.45, 7) is 3.06.